The summed E-state index contributed by atoms with van der Waals surface area (Å²) in [5.41, 5.74) is 8.15. The Morgan fingerprint density at radius 3 is 2.52 bits per heavy atom. The van der Waals surface area contributed by atoms with Crippen molar-refractivity contribution in [3.63, 3.8) is 0 Å². The molecule has 31 heavy (non-hydrogen) atoms. The van der Waals surface area contributed by atoms with Crippen molar-refractivity contribution in [2.75, 3.05) is 16.0 Å². The van der Waals surface area contributed by atoms with Crippen LogP contribution >= 0.6 is 0 Å². The van der Waals surface area contributed by atoms with Gasteiger partial charge in [-0.15, -0.1) is 0 Å². The van der Waals surface area contributed by atoms with Gasteiger partial charge in [0.1, 0.15) is 5.82 Å². The average molecular weight is 416 g/mol. The first kappa shape index (κ1) is 20.3. The number of hydrogen-bond donors (Lipinski definition) is 4. The van der Waals surface area contributed by atoms with Gasteiger partial charge in [-0.2, -0.15) is 4.98 Å². The normalized spacial score (nSPS) is 13.2. The molecule has 0 atom stereocenters. The molecule has 0 unspecified atom stereocenters. The molecule has 158 valence electrons. The van der Waals surface area contributed by atoms with Crippen LogP contribution in [0.3, 0.4) is 0 Å². The van der Waals surface area contributed by atoms with Gasteiger partial charge < -0.3 is 21.7 Å². The molecule has 5 N–H and O–H groups in total. The van der Waals surface area contributed by atoms with E-state index in [0.29, 0.717) is 29.7 Å². The third kappa shape index (κ3) is 5.16. The van der Waals surface area contributed by atoms with Gasteiger partial charge in [0.05, 0.1) is 5.56 Å². The summed E-state index contributed by atoms with van der Waals surface area (Å²) in [5, 5.41) is 9.22. The number of aromatic nitrogens is 2. The van der Waals surface area contributed by atoms with Gasteiger partial charge in [-0.25, -0.2) is 4.98 Å². The van der Waals surface area contributed by atoms with E-state index in [1.54, 1.807) is 0 Å². The number of nitrogens with two attached hydrogens (primary N) is 1. The lowest BCUT2D eigenvalue weighted by Crippen LogP contribution is -2.28. The van der Waals surface area contributed by atoms with Gasteiger partial charge in [0, 0.05) is 30.0 Å². The van der Waals surface area contributed by atoms with Gasteiger partial charge >= 0.3 is 0 Å². The molecule has 0 saturated heterocycles. The summed E-state index contributed by atoms with van der Waals surface area (Å²) < 4.78 is 0. The Morgan fingerprint density at radius 1 is 1.03 bits per heavy atom. The second-order valence-corrected chi connectivity index (χ2v) is 7.48. The van der Waals surface area contributed by atoms with Crippen molar-refractivity contribution in [3.8, 4) is 0 Å². The standard InChI is InChI=1S/C23H24N6O2/c24-20(30)19-14-26-23(29-21(19)25-13-15-6-2-1-3-7-15)28-18-11-5-10-17(12-18)27-22(31)16-8-4-9-16/h1-3,5-7,10-12,14,16H,4,8-9,13H2,(H2,24,30)(H,27,31)(H2,25,26,28,29). The topological polar surface area (TPSA) is 122 Å². The van der Waals surface area contributed by atoms with Crippen molar-refractivity contribution in [1.82, 2.24) is 9.97 Å². The Bertz CT molecular complexity index is 1080. The minimum absolute atomic E-state index is 0.0536. The van der Waals surface area contributed by atoms with E-state index in [0.717, 1.165) is 24.8 Å². The second kappa shape index (κ2) is 9.25. The number of primary amides is 1. The predicted molar refractivity (Wildman–Crippen MR) is 120 cm³/mol. The number of carbonyl (C=O) groups is 2. The summed E-state index contributed by atoms with van der Waals surface area (Å²) in [5.74, 6) is 0.214. The summed E-state index contributed by atoms with van der Waals surface area (Å²) in [4.78, 5) is 32.6. The molecule has 2 amide bonds. The number of carbonyl (C=O) groups excluding carboxylic acids is 2. The van der Waals surface area contributed by atoms with E-state index in [2.05, 4.69) is 25.9 Å². The predicted octanol–water partition coefficient (Wildman–Crippen LogP) is 3.67. The minimum atomic E-state index is -0.609. The molecule has 0 aliphatic heterocycles. The van der Waals surface area contributed by atoms with Gasteiger partial charge in [0.2, 0.25) is 11.9 Å². The molecule has 3 aromatic rings. The summed E-state index contributed by atoms with van der Waals surface area (Å²) in [6, 6.07) is 17.1. The smallest absolute Gasteiger partial charge is 0.254 e. The summed E-state index contributed by atoms with van der Waals surface area (Å²) >= 11 is 0. The Kier molecular flexibility index (Phi) is 6.07. The highest BCUT2D eigenvalue weighted by molar-refractivity contribution is 5.97. The highest BCUT2D eigenvalue weighted by atomic mass is 16.2. The monoisotopic (exact) mass is 416 g/mol. The van der Waals surface area contributed by atoms with Crippen LogP contribution in [-0.4, -0.2) is 21.8 Å². The van der Waals surface area contributed by atoms with Crippen LogP contribution in [0.2, 0.25) is 0 Å². The van der Waals surface area contributed by atoms with Crippen molar-refractivity contribution < 1.29 is 9.59 Å². The molecular weight excluding hydrogens is 392 g/mol. The molecular formula is C23H24N6O2. The van der Waals surface area contributed by atoms with E-state index in [9.17, 15) is 9.59 Å². The molecule has 8 nitrogen and oxygen atoms in total. The van der Waals surface area contributed by atoms with Gasteiger partial charge in [-0.3, -0.25) is 9.59 Å². The van der Waals surface area contributed by atoms with Crippen LogP contribution in [0.25, 0.3) is 0 Å². The van der Waals surface area contributed by atoms with Crippen LogP contribution in [0.1, 0.15) is 35.2 Å². The lowest BCUT2D eigenvalue weighted by molar-refractivity contribution is -0.122. The van der Waals surface area contributed by atoms with E-state index < -0.39 is 5.91 Å². The Morgan fingerprint density at radius 2 is 1.81 bits per heavy atom. The number of benzene rings is 2. The first-order valence-electron chi connectivity index (χ1n) is 10.2. The number of rotatable bonds is 8. The van der Waals surface area contributed by atoms with Crippen LogP contribution in [0.4, 0.5) is 23.1 Å². The Balaban J connectivity index is 1.48. The number of amides is 2. The summed E-state index contributed by atoms with van der Waals surface area (Å²) in [6.45, 7) is 0.486. The fourth-order valence-electron chi connectivity index (χ4n) is 3.26. The third-order valence-corrected chi connectivity index (χ3v) is 5.22. The molecule has 1 aromatic heterocycles. The maximum Gasteiger partial charge on any atom is 0.254 e. The molecule has 1 heterocycles. The minimum Gasteiger partial charge on any atom is -0.365 e. The van der Waals surface area contributed by atoms with Crippen LogP contribution in [-0.2, 0) is 11.3 Å². The van der Waals surface area contributed by atoms with Crippen molar-refractivity contribution >= 4 is 35.0 Å². The summed E-state index contributed by atoms with van der Waals surface area (Å²) in [7, 11) is 0. The van der Waals surface area contributed by atoms with Crippen LogP contribution in [0.15, 0.2) is 60.8 Å². The van der Waals surface area contributed by atoms with Crippen molar-refractivity contribution in [3.05, 3.63) is 71.9 Å². The number of nitrogens with one attached hydrogen (secondary N) is 3. The average Bonchev–Trinajstić information content (AvgIpc) is 2.72. The molecule has 4 rings (SSSR count). The van der Waals surface area contributed by atoms with Gasteiger partial charge in [0.25, 0.3) is 5.91 Å². The molecule has 1 saturated carbocycles. The number of nitrogens with zero attached hydrogens (tertiary/aromatic N) is 2. The fraction of sp³-hybridized carbons (Fsp3) is 0.217. The van der Waals surface area contributed by atoms with Crippen LogP contribution < -0.4 is 21.7 Å². The van der Waals surface area contributed by atoms with Crippen molar-refractivity contribution in [2.24, 2.45) is 11.7 Å². The molecule has 1 aliphatic rings. The number of anilines is 4. The van der Waals surface area contributed by atoms with Gasteiger partial charge in [-0.05, 0) is 36.6 Å². The second-order valence-electron chi connectivity index (χ2n) is 7.48. The van der Waals surface area contributed by atoms with E-state index in [1.807, 2.05) is 54.6 Å². The molecule has 1 fully saturated rings. The van der Waals surface area contributed by atoms with Crippen LogP contribution in [0, 0.1) is 5.92 Å². The van der Waals surface area contributed by atoms with E-state index in [4.69, 9.17) is 5.73 Å². The zero-order valence-electron chi connectivity index (χ0n) is 17.0. The quantitative estimate of drug-likeness (QED) is 0.444. The van der Waals surface area contributed by atoms with Crippen molar-refractivity contribution in [2.45, 2.75) is 25.8 Å². The Hall–Kier alpha value is -3.94. The van der Waals surface area contributed by atoms with Crippen LogP contribution in [0.5, 0.6) is 0 Å². The van der Waals surface area contributed by atoms with E-state index in [1.165, 1.54) is 6.20 Å². The highest BCUT2D eigenvalue weighted by Crippen LogP contribution is 2.28. The zero-order valence-corrected chi connectivity index (χ0v) is 17.0. The SMILES string of the molecule is NC(=O)c1cnc(Nc2cccc(NC(=O)C3CCC3)c2)nc1NCc1ccccc1. The third-order valence-electron chi connectivity index (χ3n) is 5.22. The molecule has 0 bridgehead atoms. The Labute approximate surface area is 180 Å². The first-order chi connectivity index (χ1) is 15.1. The molecule has 1 aliphatic carbocycles. The lowest BCUT2D eigenvalue weighted by atomic mass is 9.85. The van der Waals surface area contributed by atoms with E-state index >= 15 is 0 Å². The largest absolute Gasteiger partial charge is 0.365 e. The summed E-state index contributed by atoms with van der Waals surface area (Å²) in [6.07, 6.45) is 4.40. The molecule has 0 spiro atoms. The highest BCUT2D eigenvalue weighted by Gasteiger charge is 2.25. The maximum absolute atomic E-state index is 12.2. The van der Waals surface area contributed by atoms with Gasteiger partial charge in [-0.1, -0.05) is 42.8 Å². The first-order valence-corrected chi connectivity index (χ1v) is 10.2. The fourth-order valence-corrected chi connectivity index (χ4v) is 3.26. The maximum atomic E-state index is 12.2. The zero-order chi connectivity index (χ0) is 21.6. The number of hydrogen-bond acceptors (Lipinski definition) is 6. The van der Waals surface area contributed by atoms with Gasteiger partial charge in [0.15, 0.2) is 0 Å². The van der Waals surface area contributed by atoms with Crippen molar-refractivity contribution in [1.29, 1.82) is 0 Å². The lowest BCUT2D eigenvalue weighted by Gasteiger charge is -2.24. The molecule has 2 aromatic carbocycles. The molecule has 8 heteroatoms. The molecule has 0 radical (unpaired) electrons. The van der Waals surface area contributed by atoms with E-state index in [-0.39, 0.29) is 17.4 Å².